The maximum atomic E-state index is 13.2. The van der Waals surface area contributed by atoms with E-state index in [0.717, 1.165) is 19.4 Å². The maximum Gasteiger partial charge on any atom is 0.491 e. The third-order valence-corrected chi connectivity index (χ3v) is 2.94. The third kappa shape index (κ3) is 3.52. The standard InChI is InChI=1S/C12H16BFO4/c14-12-4-3-9(6-11(12)13(15)16)7-17-8-10-2-1-5-18-10/h3-4,6,10,15-16H,1-2,5,7-8H2. The second kappa shape index (κ2) is 6.29. The lowest BCUT2D eigenvalue weighted by atomic mass is 9.79. The van der Waals surface area contributed by atoms with Crippen molar-refractivity contribution in [2.24, 2.45) is 0 Å². The molecular weight excluding hydrogens is 238 g/mol. The summed E-state index contributed by atoms with van der Waals surface area (Å²) >= 11 is 0. The molecule has 1 atom stereocenters. The van der Waals surface area contributed by atoms with Gasteiger partial charge in [-0.1, -0.05) is 12.1 Å². The van der Waals surface area contributed by atoms with Crippen molar-refractivity contribution in [3.8, 4) is 0 Å². The van der Waals surface area contributed by atoms with Crippen LogP contribution in [0.1, 0.15) is 18.4 Å². The zero-order chi connectivity index (χ0) is 13.0. The van der Waals surface area contributed by atoms with Gasteiger partial charge < -0.3 is 19.5 Å². The van der Waals surface area contributed by atoms with Gasteiger partial charge in [-0.25, -0.2) is 4.39 Å². The summed E-state index contributed by atoms with van der Waals surface area (Å²) in [6, 6.07) is 4.17. The minimum absolute atomic E-state index is 0.131. The van der Waals surface area contributed by atoms with E-state index in [1.54, 1.807) is 6.07 Å². The Hall–Kier alpha value is -0.945. The molecule has 4 nitrogen and oxygen atoms in total. The predicted octanol–water partition coefficient (Wildman–Crippen LogP) is 0.201. The van der Waals surface area contributed by atoms with Gasteiger partial charge in [0.2, 0.25) is 0 Å². The highest BCUT2D eigenvalue weighted by Crippen LogP contribution is 2.13. The average Bonchev–Trinajstić information content (AvgIpc) is 2.84. The molecule has 1 aromatic carbocycles. The average molecular weight is 254 g/mol. The Morgan fingerprint density at radius 2 is 2.28 bits per heavy atom. The molecule has 1 aromatic rings. The fourth-order valence-electron chi connectivity index (χ4n) is 1.96. The van der Waals surface area contributed by atoms with E-state index in [4.69, 9.17) is 19.5 Å². The van der Waals surface area contributed by atoms with Crippen molar-refractivity contribution < 1.29 is 23.9 Å². The molecule has 0 bridgehead atoms. The van der Waals surface area contributed by atoms with Crippen LogP contribution < -0.4 is 5.46 Å². The second-order valence-corrected chi connectivity index (χ2v) is 4.38. The quantitative estimate of drug-likeness (QED) is 0.737. The summed E-state index contributed by atoms with van der Waals surface area (Å²) < 4.78 is 24.1. The van der Waals surface area contributed by atoms with Crippen LogP contribution >= 0.6 is 0 Å². The molecule has 2 rings (SSSR count). The molecule has 0 radical (unpaired) electrons. The lowest BCUT2D eigenvalue weighted by Crippen LogP contribution is -2.33. The SMILES string of the molecule is OB(O)c1cc(COCC2CCCO2)ccc1F. The normalized spacial score (nSPS) is 19.2. The van der Waals surface area contributed by atoms with Gasteiger partial charge in [0, 0.05) is 12.1 Å². The van der Waals surface area contributed by atoms with Gasteiger partial charge in [0.15, 0.2) is 0 Å². The molecule has 6 heteroatoms. The highest BCUT2D eigenvalue weighted by Gasteiger charge is 2.18. The van der Waals surface area contributed by atoms with Gasteiger partial charge in [0.25, 0.3) is 0 Å². The summed E-state index contributed by atoms with van der Waals surface area (Å²) in [5.74, 6) is -0.632. The van der Waals surface area contributed by atoms with E-state index in [9.17, 15) is 4.39 Å². The van der Waals surface area contributed by atoms with Gasteiger partial charge >= 0.3 is 7.12 Å². The maximum absolute atomic E-state index is 13.2. The Bertz CT molecular complexity index is 394. The smallest absolute Gasteiger partial charge is 0.423 e. The first-order valence-electron chi connectivity index (χ1n) is 6.00. The van der Waals surface area contributed by atoms with Crippen LogP contribution in [0.3, 0.4) is 0 Å². The van der Waals surface area contributed by atoms with Crippen LogP contribution in [0.25, 0.3) is 0 Å². The Morgan fingerprint density at radius 1 is 1.44 bits per heavy atom. The van der Waals surface area contributed by atoms with Gasteiger partial charge in [0.1, 0.15) is 5.82 Å². The molecule has 18 heavy (non-hydrogen) atoms. The fourth-order valence-corrected chi connectivity index (χ4v) is 1.96. The van der Waals surface area contributed by atoms with Gasteiger partial charge in [-0.3, -0.25) is 0 Å². The first-order valence-corrected chi connectivity index (χ1v) is 6.00. The zero-order valence-corrected chi connectivity index (χ0v) is 10.0. The summed E-state index contributed by atoms with van der Waals surface area (Å²) in [5, 5.41) is 18.0. The molecule has 1 fully saturated rings. The zero-order valence-electron chi connectivity index (χ0n) is 10.0. The Labute approximate surface area is 105 Å². The van der Waals surface area contributed by atoms with Crippen molar-refractivity contribution in [3.05, 3.63) is 29.6 Å². The van der Waals surface area contributed by atoms with E-state index >= 15 is 0 Å². The number of ether oxygens (including phenoxy) is 2. The number of benzene rings is 1. The summed E-state index contributed by atoms with van der Waals surface area (Å²) in [6.45, 7) is 1.60. The highest BCUT2D eigenvalue weighted by atomic mass is 19.1. The third-order valence-electron chi connectivity index (χ3n) is 2.94. The van der Waals surface area contributed by atoms with Crippen LogP contribution in [-0.2, 0) is 16.1 Å². The van der Waals surface area contributed by atoms with Gasteiger partial charge in [0.05, 0.1) is 19.3 Å². The van der Waals surface area contributed by atoms with E-state index in [1.165, 1.54) is 12.1 Å². The number of halogens is 1. The van der Waals surface area contributed by atoms with Crippen molar-refractivity contribution in [2.75, 3.05) is 13.2 Å². The van der Waals surface area contributed by atoms with E-state index in [2.05, 4.69) is 0 Å². The first-order chi connectivity index (χ1) is 8.66. The van der Waals surface area contributed by atoms with Crippen LogP contribution in [0.15, 0.2) is 18.2 Å². The fraction of sp³-hybridized carbons (Fsp3) is 0.500. The molecule has 1 aliphatic rings. The minimum atomic E-state index is -1.80. The molecular formula is C12H16BFO4. The van der Waals surface area contributed by atoms with Crippen molar-refractivity contribution in [1.29, 1.82) is 0 Å². The van der Waals surface area contributed by atoms with Gasteiger partial charge in [-0.15, -0.1) is 0 Å². The molecule has 0 amide bonds. The molecule has 2 N–H and O–H groups in total. The highest BCUT2D eigenvalue weighted by molar-refractivity contribution is 6.58. The number of hydrogen-bond acceptors (Lipinski definition) is 4. The lowest BCUT2D eigenvalue weighted by Gasteiger charge is -2.11. The molecule has 1 saturated heterocycles. The number of hydrogen-bond donors (Lipinski definition) is 2. The van der Waals surface area contributed by atoms with Crippen LogP contribution in [0.2, 0.25) is 0 Å². The van der Waals surface area contributed by atoms with Crippen LogP contribution in [0.5, 0.6) is 0 Å². The number of rotatable bonds is 5. The summed E-state index contributed by atoms with van der Waals surface area (Å²) in [5.41, 5.74) is 0.575. The van der Waals surface area contributed by atoms with E-state index in [0.29, 0.717) is 18.8 Å². The Morgan fingerprint density at radius 3 is 2.94 bits per heavy atom. The monoisotopic (exact) mass is 254 g/mol. The van der Waals surface area contributed by atoms with Crippen molar-refractivity contribution in [2.45, 2.75) is 25.6 Å². The second-order valence-electron chi connectivity index (χ2n) is 4.38. The lowest BCUT2D eigenvalue weighted by molar-refractivity contribution is 0.0106. The van der Waals surface area contributed by atoms with E-state index < -0.39 is 12.9 Å². The molecule has 98 valence electrons. The van der Waals surface area contributed by atoms with Crippen LogP contribution in [0, 0.1) is 5.82 Å². The van der Waals surface area contributed by atoms with Crippen molar-refractivity contribution in [1.82, 2.24) is 0 Å². The molecule has 1 unspecified atom stereocenters. The van der Waals surface area contributed by atoms with Gasteiger partial charge in [-0.05, 0) is 24.5 Å². The molecule has 0 saturated carbocycles. The minimum Gasteiger partial charge on any atom is -0.423 e. The van der Waals surface area contributed by atoms with Gasteiger partial charge in [-0.2, -0.15) is 0 Å². The van der Waals surface area contributed by atoms with Crippen molar-refractivity contribution in [3.63, 3.8) is 0 Å². The van der Waals surface area contributed by atoms with E-state index in [-0.39, 0.29) is 11.6 Å². The summed E-state index contributed by atoms with van der Waals surface area (Å²) in [6.07, 6.45) is 2.21. The molecule has 1 heterocycles. The Balaban J connectivity index is 1.86. The Kier molecular flexibility index (Phi) is 4.71. The van der Waals surface area contributed by atoms with E-state index in [1.807, 2.05) is 0 Å². The predicted molar refractivity (Wildman–Crippen MR) is 64.9 cm³/mol. The first kappa shape index (κ1) is 13.5. The van der Waals surface area contributed by atoms with Crippen LogP contribution in [-0.4, -0.2) is 36.5 Å². The van der Waals surface area contributed by atoms with Crippen molar-refractivity contribution >= 4 is 12.6 Å². The summed E-state index contributed by atoms with van der Waals surface area (Å²) in [7, 11) is -1.80. The molecule has 0 aromatic heterocycles. The molecule has 0 spiro atoms. The largest absolute Gasteiger partial charge is 0.491 e. The van der Waals surface area contributed by atoms with Crippen LogP contribution in [0.4, 0.5) is 4.39 Å². The topological polar surface area (TPSA) is 58.9 Å². The molecule has 0 aliphatic carbocycles. The molecule has 1 aliphatic heterocycles. The summed E-state index contributed by atoms with van der Waals surface area (Å²) in [4.78, 5) is 0.